The first-order valence-electron chi connectivity index (χ1n) is 2.99. The van der Waals surface area contributed by atoms with Crippen LogP contribution in [0.25, 0.3) is 0 Å². The lowest BCUT2D eigenvalue weighted by atomic mass is 10.8. The second kappa shape index (κ2) is 5.45. The summed E-state index contributed by atoms with van der Waals surface area (Å²) in [6, 6.07) is 0. The number of nitrogens with zero attached hydrogens (tertiary/aromatic N) is 1. The van der Waals surface area contributed by atoms with Crippen LogP contribution in [-0.2, 0) is 4.74 Å². The summed E-state index contributed by atoms with van der Waals surface area (Å²) < 4.78 is 2.85. The fourth-order valence-electron chi connectivity index (χ4n) is 0.322. The van der Waals surface area contributed by atoms with Crippen molar-refractivity contribution in [3.05, 3.63) is 0 Å². The van der Waals surface area contributed by atoms with E-state index in [1.54, 1.807) is 6.92 Å². The number of alkyl halides is 3. The Morgan fingerprint density at radius 3 is 2.67 bits per heavy atom. The van der Waals surface area contributed by atoms with E-state index in [0.29, 0.717) is 0 Å². The standard InChI is InChI=1S/C5H7Cl3N2O2/c1-2-12-4(11)10-9-3-5(6,7)8/h3H,2H2,1H3,(H,10,11)/b9-3-. The van der Waals surface area contributed by atoms with Crippen molar-refractivity contribution in [3.63, 3.8) is 0 Å². The van der Waals surface area contributed by atoms with Crippen molar-refractivity contribution in [2.75, 3.05) is 6.61 Å². The number of rotatable bonds is 2. The summed E-state index contributed by atoms with van der Waals surface area (Å²) in [5, 5.41) is 3.32. The van der Waals surface area contributed by atoms with E-state index in [9.17, 15) is 4.79 Å². The van der Waals surface area contributed by atoms with Crippen molar-refractivity contribution in [2.45, 2.75) is 10.7 Å². The fourth-order valence-corrected chi connectivity index (χ4v) is 0.468. The minimum atomic E-state index is -1.61. The van der Waals surface area contributed by atoms with Crippen LogP contribution in [0.15, 0.2) is 5.10 Å². The molecule has 0 aliphatic heterocycles. The molecule has 0 saturated heterocycles. The Bertz CT molecular complexity index is 178. The van der Waals surface area contributed by atoms with Gasteiger partial charge in [-0.05, 0) is 6.92 Å². The molecular formula is C5H7Cl3N2O2. The van der Waals surface area contributed by atoms with E-state index in [0.717, 1.165) is 6.21 Å². The molecule has 0 atom stereocenters. The van der Waals surface area contributed by atoms with Crippen LogP contribution in [0.1, 0.15) is 6.92 Å². The molecule has 0 spiro atoms. The molecule has 0 rings (SSSR count). The minimum Gasteiger partial charge on any atom is -0.449 e. The Morgan fingerprint density at radius 1 is 1.67 bits per heavy atom. The zero-order valence-electron chi connectivity index (χ0n) is 6.18. The van der Waals surface area contributed by atoms with Gasteiger partial charge in [-0.1, -0.05) is 34.8 Å². The lowest BCUT2D eigenvalue weighted by Crippen LogP contribution is -2.20. The minimum absolute atomic E-state index is 0.259. The van der Waals surface area contributed by atoms with Crippen molar-refractivity contribution < 1.29 is 9.53 Å². The summed E-state index contributed by atoms with van der Waals surface area (Å²) in [5.41, 5.74) is 2.00. The topological polar surface area (TPSA) is 50.7 Å². The first-order chi connectivity index (χ1) is 5.45. The van der Waals surface area contributed by atoms with Gasteiger partial charge in [-0.3, -0.25) is 0 Å². The molecule has 0 bridgehead atoms. The number of ether oxygens (including phenoxy) is 1. The van der Waals surface area contributed by atoms with Gasteiger partial charge >= 0.3 is 6.09 Å². The van der Waals surface area contributed by atoms with Gasteiger partial charge in [0.1, 0.15) is 0 Å². The number of carbonyl (C=O) groups excluding carboxylic acids is 1. The molecule has 1 amide bonds. The van der Waals surface area contributed by atoms with Crippen molar-refractivity contribution in [3.8, 4) is 0 Å². The molecular weight excluding hydrogens is 226 g/mol. The number of nitrogens with one attached hydrogen (secondary N) is 1. The van der Waals surface area contributed by atoms with Crippen LogP contribution in [0.5, 0.6) is 0 Å². The second-order valence-electron chi connectivity index (χ2n) is 1.63. The second-order valence-corrected chi connectivity index (χ2v) is 4.00. The van der Waals surface area contributed by atoms with Crippen molar-refractivity contribution in [1.82, 2.24) is 5.43 Å². The molecule has 1 N–H and O–H groups in total. The number of carbonyl (C=O) groups is 1. The summed E-state index contributed by atoms with van der Waals surface area (Å²) in [5.74, 6) is 0. The van der Waals surface area contributed by atoms with Crippen LogP contribution in [-0.4, -0.2) is 22.7 Å². The molecule has 0 radical (unpaired) electrons. The maximum Gasteiger partial charge on any atom is 0.427 e. The van der Waals surface area contributed by atoms with E-state index in [4.69, 9.17) is 34.8 Å². The molecule has 0 saturated carbocycles. The van der Waals surface area contributed by atoms with Crippen molar-refractivity contribution >= 4 is 47.1 Å². The number of amides is 1. The van der Waals surface area contributed by atoms with Gasteiger partial charge < -0.3 is 4.74 Å². The lowest BCUT2D eigenvalue weighted by Gasteiger charge is -2.02. The highest BCUT2D eigenvalue weighted by atomic mass is 35.6. The van der Waals surface area contributed by atoms with Gasteiger partial charge in [0.25, 0.3) is 0 Å². The SMILES string of the molecule is CCOC(=O)N/N=C\C(Cl)(Cl)Cl. The molecule has 0 fully saturated rings. The van der Waals surface area contributed by atoms with E-state index < -0.39 is 9.89 Å². The Kier molecular flexibility index (Phi) is 5.37. The smallest absolute Gasteiger partial charge is 0.427 e. The zero-order chi connectivity index (χ0) is 9.61. The Labute approximate surface area is 84.8 Å². The molecule has 12 heavy (non-hydrogen) atoms. The molecule has 0 aliphatic carbocycles. The highest BCUT2D eigenvalue weighted by Gasteiger charge is 2.15. The van der Waals surface area contributed by atoms with Crippen LogP contribution in [0.4, 0.5) is 4.79 Å². The van der Waals surface area contributed by atoms with E-state index in [1.807, 2.05) is 5.43 Å². The summed E-state index contributed by atoms with van der Waals surface area (Å²) in [7, 11) is 0. The third-order valence-corrected chi connectivity index (χ3v) is 0.935. The predicted molar refractivity (Wildman–Crippen MR) is 48.9 cm³/mol. The summed E-state index contributed by atoms with van der Waals surface area (Å²) in [4.78, 5) is 10.6. The van der Waals surface area contributed by atoms with Gasteiger partial charge in [-0.2, -0.15) is 5.10 Å². The molecule has 7 heteroatoms. The maximum atomic E-state index is 10.6. The zero-order valence-corrected chi connectivity index (χ0v) is 8.45. The first-order valence-corrected chi connectivity index (χ1v) is 4.13. The maximum absolute atomic E-state index is 10.6. The van der Waals surface area contributed by atoms with Crippen LogP contribution in [0, 0.1) is 0 Å². The predicted octanol–water partition coefficient (Wildman–Crippen LogP) is 2.09. The number of hydrazone groups is 1. The van der Waals surface area contributed by atoms with E-state index >= 15 is 0 Å². The van der Waals surface area contributed by atoms with Crippen LogP contribution in [0.2, 0.25) is 0 Å². The lowest BCUT2D eigenvalue weighted by molar-refractivity contribution is 0.152. The molecule has 0 aromatic carbocycles. The van der Waals surface area contributed by atoms with Gasteiger partial charge in [0, 0.05) is 0 Å². The first kappa shape index (κ1) is 11.8. The van der Waals surface area contributed by atoms with E-state index in [2.05, 4.69) is 9.84 Å². The highest BCUT2D eigenvalue weighted by molar-refractivity contribution is 6.74. The Balaban J connectivity index is 3.68. The normalized spacial score (nSPS) is 11.7. The third-order valence-electron chi connectivity index (χ3n) is 0.642. The van der Waals surface area contributed by atoms with Gasteiger partial charge in [-0.25, -0.2) is 10.2 Å². The average molecular weight is 233 g/mol. The van der Waals surface area contributed by atoms with Crippen molar-refractivity contribution in [1.29, 1.82) is 0 Å². The Morgan fingerprint density at radius 2 is 2.25 bits per heavy atom. The van der Waals surface area contributed by atoms with Gasteiger partial charge in [0.2, 0.25) is 3.79 Å². The molecule has 0 heterocycles. The molecule has 70 valence electrons. The van der Waals surface area contributed by atoms with Crippen LogP contribution in [0.3, 0.4) is 0 Å². The number of hydrogen-bond acceptors (Lipinski definition) is 3. The highest BCUT2D eigenvalue weighted by Crippen LogP contribution is 2.22. The summed E-state index contributed by atoms with van der Waals surface area (Å²) in [6.45, 7) is 1.92. The quantitative estimate of drug-likeness (QED) is 0.451. The van der Waals surface area contributed by atoms with Gasteiger partial charge in [0.05, 0.1) is 12.8 Å². The number of halogens is 3. The van der Waals surface area contributed by atoms with E-state index in [-0.39, 0.29) is 6.61 Å². The largest absolute Gasteiger partial charge is 0.449 e. The third kappa shape index (κ3) is 7.91. The average Bonchev–Trinajstić information content (AvgIpc) is 1.84. The van der Waals surface area contributed by atoms with Gasteiger partial charge in [0.15, 0.2) is 0 Å². The molecule has 0 aromatic heterocycles. The van der Waals surface area contributed by atoms with E-state index in [1.165, 1.54) is 0 Å². The molecule has 0 unspecified atom stereocenters. The molecule has 0 aliphatic rings. The monoisotopic (exact) mass is 232 g/mol. The van der Waals surface area contributed by atoms with Crippen LogP contribution < -0.4 is 5.43 Å². The number of hydrogen-bond donors (Lipinski definition) is 1. The summed E-state index contributed by atoms with van der Waals surface area (Å²) in [6.07, 6.45) is 0.261. The van der Waals surface area contributed by atoms with Gasteiger partial charge in [-0.15, -0.1) is 0 Å². The Hall–Kier alpha value is -0.190. The molecule has 4 nitrogen and oxygen atoms in total. The fraction of sp³-hybridized carbons (Fsp3) is 0.600. The summed E-state index contributed by atoms with van der Waals surface area (Å²) >= 11 is 15.8. The van der Waals surface area contributed by atoms with Crippen molar-refractivity contribution in [2.24, 2.45) is 5.10 Å². The molecule has 0 aromatic rings. The van der Waals surface area contributed by atoms with Crippen LogP contribution >= 0.6 is 34.8 Å².